The van der Waals surface area contributed by atoms with Crippen LogP contribution in [-0.2, 0) is 6.18 Å². The second-order valence-corrected chi connectivity index (χ2v) is 4.42. The second kappa shape index (κ2) is 6.03. The average Bonchev–Trinajstić information content (AvgIpc) is 2.48. The molecule has 0 aliphatic rings. The zero-order chi connectivity index (χ0) is 17.2. The topological polar surface area (TPSA) is 72.2 Å². The van der Waals surface area contributed by atoms with E-state index in [1.165, 1.54) is 6.07 Å². The smallest absolute Gasteiger partial charge is 0.322 e. The Hall–Kier alpha value is -2.97. The number of anilines is 1. The van der Waals surface area contributed by atoms with Crippen molar-refractivity contribution >= 4 is 17.3 Å². The van der Waals surface area contributed by atoms with Gasteiger partial charge in [-0.25, -0.2) is 0 Å². The number of nitrogens with one attached hydrogen (secondary N) is 1. The largest absolute Gasteiger partial charge is 0.417 e. The van der Waals surface area contributed by atoms with Gasteiger partial charge in [-0.1, -0.05) is 12.1 Å². The van der Waals surface area contributed by atoms with Gasteiger partial charge in [-0.05, 0) is 24.3 Å². The molecule has 0 heterocycles. The summed E-state index contributed by atoms with van der Waals surface area (Å²) >= 11 is 0. The first-order chi connectivity index (χ1) is 10.7. The zero-order valence-corrected chi connectivity index (χ0v) is 11.2. The summed E-state index contributed by atoms with van der Waals surface area (Å²) in [6.45, 7) is 0. The Bertz CT molecular complexity index is 775. The monoisotopic (exact) mass is 328 g/mol. The summed E-state index contributed by atoms with van der Waals surface area (Å²) in [7, 11) is 0. The maximum atomic E-state index is 13.2. The summed E-state index contributed by atoms with van der Waals surface area (Å²) in [5.74, 6) is -2.23. The highest BCUT2D eigenvalue weighted by Gasteiger charge is 2.34. The molecular weight excluding hydrogens is 320 g/mol. The molecule has 0 spiro atoms. The molecule has 0 fully saturated rings. The molecule has 2 rings (SSSR count). The van der Waals surface area contributed by atoms with Crippen molar-refractivity contribution in [2.45, 2.75) is 6.18 Å². The van der Waals surface area contributed by atoms with Crippen molar-refractivity contribution in [2.75, 3.05) is 5.32 Å². The molecular formula is C14H8F4N2O3. The number of hydrogen-bond acceptors (Lipinski definition) is 3. The fourth-order valence-electron chi connectivity index (χ4n) is 1.86. The fourth-order valence-corrected chi connectivity index (χ4v) is 1.86. The summed E-state index contributed by atoms with van der Waals surface area (Å²) in [6, 6.07) is 6.56. The Kier molecular flexibility index (Phi) is 4.30. The molecule has 0 unspecified atom stereocenters. The maximum absolute atomic E-state index is 13.2. The van der Waals surface area contributed by atoms with Gasteiger partial charge in [0.15, 0.2) is 0 Å². The quantitative estimate of drug-likeness (QED) is 0.526. The highest BCUT2D eigenvalue weighted by Crippen LogP contribution is 2.32. The predicted molar refractivity (Wildman–Crippen MR) is 72.5 cm³/mol. The Morgan fingerprint density at radius 1 is 1.13 bits per heavy atom. The summed E-state index contributed by atoms with van der Waals surface area (Å²) < 4.78 is 51.8. The number of benzene rings is 2. The molecule has 0 saturated heterocycles. The predicted octanol–water partition coefficient (Wildman–Crippen LogP) is 4.01. The number of hydrogen-bond donors (Lipinski definition) is 1. The molecule has 0 aromatic heterocycles. The zero-order valence-electron chi connectivity index (χ0n) is 11.2. The Balaban J connectivity index is 2.34. The van der Waals surface area contributed by atoms with Crippen molar-refractivity contribution in [3.8, 4) is 0 Å². The van der Waals surface area contributed by atoms with Gasteiger partial charge in [-0.2, -0.15) is 17.6 Å². The minimum atomic E-state index is -4.73. The van der Waals surface area contributed by atoms with Crippen LogP contribution >= 0.6 is 0 Å². The minimum absolute atomic E-state index is 0.194. The van der Waals surface area contributed by atoms with E-state index >= 15 is 0 Å². The van der Waals surface area contributed by atoms with E-state index < -0.39 is 39.6 Å². The van der Waals surface area contributed by atoms with E-state index in [1.807, 2.05) is 0 Å². The molecule has 1 N–H and O–H groups in total. The van der Waals surface area contributed by atoms with Crippen LogP contribution in [0.5, 0.6) is 0 Å². The molecule has 0 aliphatic heterocycles. The van der Waals surface area contributed by atoms with Crippen LogP contribution in [0.1, 0.15) is 15.9 Å². The van der Waals surface area contributed by atoms with Gasteiger partial charge in [0.2, 0.25) is 5.82 Å². The van der Waals surface area contributed by atoms with Gasteiger partial charge in [0.05, 0.1) is 16.1 Å². The van der Waals surface area contributed by atoms with E-state index in [1.54, 1.807) is 0 Å². The van der Waals surface area contributed by atoms with Crippen LogP contribution in [0.15, 0.2) is 42.5 Å². The molecule has 0 aliphatic carbocycles. The van der Waals surface area contributed by atoms with Gasteiger partial charge in [-0.3, -0.25) is 14.9 Å². The van der Waals surface area contributed by atoms with Gasteiger partial charge in [0.1, 0.15) is 0 Å². The third kappa shape index (κ3) is 3.62. The number of nitro groups is 1. The van der Waals surface area contributed by atoms with E-state index in [0.717, 1.165) is 36.4 Å². The number of nitro benzene ring substituents is 1. The van der Waals surface area contributed by atoms with Crippen LogP contribution < -0.4 is 5.32 Å². The number of nitrogens with zero attached hydrogens (tertiary/aromatic N) is 1. The first-order valence-electron chi connectivity index (χ1n) is 6.11. The second-order valence-electron chi connectivity index (χ2n) is 4.42. The molecule has 1 amide bonds. The SMILES string of the molecule is O=C(Nc1ccc(F)c([N+](=O)[O-])c1)c1ccccc1C(F)(F)F. The Morgan fingerprint density at radius 2 is 1.78 bits per heavy atom. The highest BCUT2D eigenvalue weighted by molar-refractivity contribution is 6.05. The van der Waals surface area contributed by atoms with E-state index in [-0.39, 0.29) is 5.69 Å². The standard InChI is InChI=1S/C14H8F4N2O3/c15-11-6-5-8(7-12(11)20(22)23)19-13(21)9-3-1-2-4-10(9)14(16,17)18/h1-7H,(H,19,21). The van der Waals surface area contributed by atoms with Gasteiger partial charge in [-0.15, -0.1) is 0 Å². The van der Waals surface area contributed by atoms with Crippen LogP contribution in [0, 0.1) is 15.9 Å². The summed E-state index contributed by atoms with van der Waals surface area (Å²) in [5.41, 5.74) is -2.88. The van der Waals surface area contributed by atoms with Crippen LogP contribution in [-0.4, -0.2) is 10.8 Å². The molecule has 120 valence electrons. The maximum Gasteiger partial charge on any atom is 0.417 e. The van der Waals surface area contributed by atoms with Gasteiger partial charge < -0.3 is 5.32 Å². The number of alkyl halides is 3. The molecule has 0 atom stereocenters. The molecule has 23 heavy (non-hydrogen) atoms. The average molecular weight is 328 g/mol. The lowest BCUT2D eigenvalue weighted by atomic mass is 10.1. The van der Waals surface area contributed by atoms with E-state index in [2.05, 4.69) is 5.32 Å². The number of carbonyl (C=O) groups excluding carboxylic acids is 1. The van der Waals surface area contributed by atoms with E-state index in [0.29, 0.717) is 0 Å². The molecule has 2 aromatic carbocycles. The Morgan fingerprint density at radius 3 is 2.39 bits per heavy atom. The summed E-state index contributed by atoms with van der Waals surface area (Å²) in [5, 5.41) is 12.7. The molecule has 0 saturated carbocycles. The normalized spacial score (nSPS) is 11.1. The summed E-state index contributed by atoms with van der Waals surface area (Å²) in [4.78, 5) is 21.6. The number of rotatable bonds is 3. The van der Waals surface area contributed by atoms with Crippen LogP contribution in [0.4, 0.5) is 28.9 Å². The van der Waals surface area contributed by atoms with Crippen molar-refractivity contribution in [2.24, 2.45) is 0 Å². The molecule has 9 heteroatoms. The van der Waals surface area contributed by atoms with Crippen molar-refractivity contribution in [1.82, 2.24) is 0 Å². The lowest BCUT2D eigenvalue weighted by molar-refractivity contribution is -0.387. The number of carbonyl (C=O) groups is 1. The number of halogens is 4. The fraction of sp³-hybridized carbons (Fsp3) is 0.0714. The van der Waals surface area contributed by atoms with E-state index in [9.17, 15) is 32.5 Å². The van der Waals surface area contributed by atoms with E-state index in [4.69, 9.17) is 0 Å². The lowest BCUT2D eigenvalue weighted by Gasteiger charge is -2.12. The third-order valence-electron chi connectivity index (χ3n) is 2.88. The molecule has 0 bridgehead atoms. The van der Waals surface area contributed by atoms with Crippen molar-refractivity contribution in [3.63, 3.8) is 0 Å². The Labute approximate surface area is 126 Å². The van der Waals surface area contributed by atoms with Crippen molar-refractivity contribution < 1.29 is 27.3 Å². The van der Waals surface area contributed by atoms with Crippen molar-refractivity contribution in [3.05, 3.63) is 69.5 Å². The first kappa shape index (κ1) is 16.4. The minimum Gasteiger partial charge on any atom is -0.322 e. The lowest BCUT2D eigenvalue weighted by Crippen LogP contribution is -2.18. The van der Waals surface area contributed by atoms with Gasteiger partial charge in [0.25, 0.3) is 5.91 Å². The van der Waals surface area contributed by atoms with Crippen LogP contribution in [0.3, 0.4) is 0 Å². The summed E-state index contributed by atoms with van der Waals surface area (Å²) in [6.07, 6.45) is -4.73. The third-order valence-corrected chi connectivity index (χ3v) is 2.88. The van der Waals surface area contributed by atoms with Crippen LogP contribution in [0.25, 0.3) is 0 Å². The molecule has 5 nitrogen and oxygen atoms in total. The van der Waals surface area contributed by atoms with Crippen LogP contribution in [0.2, 0.25) is 0 Å². The highest BCUT2D eigenvalue weighted by atomic mass is 19.4. The number of amides is 1. The van der Waals surface area contributed by atoms with Crippen molar-refractivity contribution in [1.29, 1.82) is 0 Å². The van der Waals surface area contributed by atoms with Gasteiger partial charge >= 0.3 is 11.9 Å². The molecule has 0 radical (unpaired) electrons. The van der Waals surface area contributed by atoms with Gasteiger partial charge in [0, 0.05) is 11.8 Å². The molecule has 2 aromatic rings. The first-order valence-corrected chi connectivity index (χ1v) is 6.11.